The van der Waals surface area contributed by atoms with E-state index in [-0.39, 0.29) is 14.7 Å². The number of hydrogen-bond donors (Lipinski definition) is 2. The van der Waals surface area contributed by atoms with E-state index in [4.69, 9.17) is 4.74 Å². The van der Waals surface area contributed by atoms with Gasteiger partial charge >= 0.3 is 11.9 Å². The fraction of sp³-hybridized carbons (Fsp3) is 0.667. The van der Waals surface area contributed by atoms with Crippen LogP contribution < -0.4 is 4.74 Å². The smallest absolute Gasteiger partial charge is 0.338 e. The first-order valence-electron chi connectivity index (χ1n) is 11.6. The van der Waals surface area contributed by atoms with Crippen LogP contribution in [0.15, 0.2) is 0 Å². The van der Waals surface area contributed by atoms with Gasteiger partial charge in [0.05, 0.1) is 24.9 Å². The van der Waals surface area contributed by atoms with Crippen molar-refractivity contribution in [3.05, 3.63) is 21.8 Å². The lowest BCUT2D eigenvalue weighted by atomic mass is 10.0. The molecule has 0 unspecified atom stereocenters. The molecule has 0 saturated heterocycles. The van der Waals surface area contributed by atoms with E-state index in [1.165, 1.54) is 77.0 Å². The summed E-state index contributed by atoms with van der Waals surface area (Å²) in [7, 11) is 0. The number of carbonyl (C=O) groups is 2. The molecule has 1 aromatic rings. The first-order chi connectivity index (χ1) is 15.3. The van der Waals surface area contributed by atoms with E-state index >= 15 is 0 Å². The molecule has 0 atom stereocenters. The van der Waals surface area contributed by atoms with Gasteiger partial charge in [-0.1, -0.05) is 90.4 Å². The van der Waals surface area contributed by atoms with Crippen molar-refractivity contribution < 1.29 is 24.5 Å². The van der Waals surface area contributed by atoms with Gasteiger partial charge in [0.15, 0.2) is 0 Å². The second-order valence-electron chi connectivity index (χ2n) is 8.08. The normalized spacial score (nSPS) is 11.0. The molecule has 0 spiro atoms. The summed E-state index contributed by atoms with van der Waals surface area (Å²) in [4.78, 5) is 23.3. The lowest BCUT2D eigenvalue weighted by Crippen LogP contribution is -2.15. The Hall–Kier alpha value is 0.150. The quantitative estimate of drug-likeness (QED) is 0.115. The molecule has 0 amide bonds. The van der Waals surface area contributed by atoms with Crippen LogP contribution in [0.4, 0.5) is 0 Å². The standard InChI is InChI=1S/C24H35I3O5/c1-2-3-4-5-6-7-8-9-10-11-12-13-14-15-16-32-22-20(26)17(23(28)29)19(25)18(21(22)27)24(30)31/h2-16H2,1H3,(H,28,29)(H,30,31). The van der Waals surface area contributed by atoms with E-state index in [1.807, 2.05) is 45.2 Å². The summed E-state index contributed by atoms with van der Waals surface area (Å²) < 4.78 is 7.02. The van der Waals surface area contributed by atoms with Gasteiger partial charge in [-0.3, -0.25) is 0 Å². The van der Waals surface area contributed by atoms with Crippen molar-refractivity contribution in [2.24, 2.45) is 0 Å². The van der Waals surface area contributed by atoms with E-state index in [0.717, 1.165) is 12.8 Å². The maximum atomic E-state index is 11.6. The van der Waals surface area contributed by atoms with Crippen LogP contribution in [-0.4, -0.2) is 28.8 Å². The largest absolute Gasteiger partial charge is 0.491 e. The minimum atomic E-state index is -1.14. The summed E-state index contributed by atoms with van der Waals surface area (Å²) in [6, 6.07) is 0. The van der Waals surface area contributed by atoms with Crippen molar-refractivity contribution in [1.82, 2.24) is 0 Å². The number of hydrogen-bond acceptors (Lipinski definition) is 3. The van der Waals surface area contributed by atoms with Gasteiger partial charge < -0.3 is 14.9 Å². The molecule has 0 aliphatic rings. The van der Waals surface area contributed by atoms with Gasteiger partial charge in [-0.2, -0.15) is 0 Å². The molecule has 1 aromatic carbocycles. The molecule has 8 heteroatoms. The average Bonchev–Trinajstić information content (AvgIpc) is 2.72. The Balaban J connectivity index is 2.29. The summed E-state index contributed by atoms with van der Waals surface area (Å²) in [6.45, 7) is 2.72. The number of benzene rings is 1. The molecule has 0 aliphatic carbocycles. The second-order valence-corrected chi connectivity index (χ2v) is 11.3. The Bertz CT molecular complexity index is 696. The fourth-order valence-electron chi connectivity index (χ4n) is 3.61. The van der Waals surface area contributed by atoms with Crippen molar-refractivity contribution in [3.8, 4) is 5.75 Å². The number of carboxylic acid groups (broad SMARTS) is 2. The molecule has 32 heavy (non-hydrogen) atoms. The van der Waals surface area contributed by atoms with Gasteiger partial charge in [0, 0.05) is 3.57 Å². The lowest BCUT2D eigenvalue weighted by molar-refractivity contribution is 0.0692. The molecular formula is C24H35I3O5. The Morgan fingerprint density at radius 2 is 0.969 bits per heavy atom. The Morgan fingerprint density at radius 1 is 0.625 bits per heavy atom. The first-order valence-corrected chi connectivity index (χ1v) is 14.9. The van der Waals surface area contributed by atoms with Crippen LogP contribution in [0.1, 0.15) is 118 Å². The van der Waals surface area contributed by atoms with Gasteiger partial charge in [0.2, 0.25) is 0 Å². The number of aromatic carboxylic acids is 2. The molecule has 0 bridgehead atoms. The fourth-order valence-corrected chi connectivity index (χ4v) is 8.01. The predicted octanol–water partition coefficient (Wildman–Crippen LogP) is 8.76. The molecule has 2 N–H and O–H groups in total. The molecule has 182 valence electrons. The number of rotatable bonds is 18. The number of unbranched alkanes of at least 4 members (excludes halogenated alkanes) is 13. The van der Waals surface area contributed by atoms with E-state index in [0.29, 0.717) is 19.5 Å². The molecule has 0 aliphatic heterocycles. The van der Waals surface area contributed by atoms with E-state index in [2.05, 4.69) is 6.92 Å². The van der Waals surface area contributed by atoms with Crippen molar-refractivity contribution in [2.75, 3.05) is 6.61 Å². The number of halogens is 3. The van der Waals surface area contributed by atoms with Crippen LogP contribution in [0.3, 0.4) is 0 Å². The average molecular weight is 784 g/mol. The van der Waals surface area contributed by atoms with Crippen molar-refractivity contribution >= 4 is 79.7 Å². The minimum absolute atomic E-state index is 0.0000228. The van der Waals surface area contributed by atoms with E-state index in [1.54, 1.807) is 22.6 Å². The molecule has 5 nitrogen and oxygen atoms in total. The lowest BCUT2D eigenvalue weighted by Gasteiger charge is -2.16. The third-order valence-corrected chi connectivity index (χ3v) is 8.59. The zero-order chi connectivity index (χ0) is 23.9. The molecule has 0 aromatic heterocycles. The highest BCUT2D eigenvalue weighted by Crippen LogP contribution is 2.37. The highest BCUT2D eigenvalue weighted by Gasteiger charge is 2.28. The monoisotopic (exact) mass is 784 g/mol. The zero-order valence-electron chi connectivity index (χ0n) is 18.9. The van der Waals surface area contributed by atoms with E-state index in [9.17, 15) is 19.8 Å². The molecular weight excluding hydrogens is 749 g/mol. The van der Waals surface area contributed by atoms with Crippen molar-refractivity contribution in [2.45, 2.75) is 96.8 Å². The van der Waals surface area contributed by atoms with Crippen LogP contribution in [0.5, 0.6) is 5.75 Å². The predicted molar refractivity (Wildman–Crippen MR) is 154 cm³/mol. The highest BCUT2D eigenvalue weighted by atomic mass is 127. The molecule has 0 heterocycles. The van der Waals surface area contributed by atoms with Crippen LogP contribution in [0, 0.1) is 10.7 Å². The SMILES string of the molecule is CCCCCCCCCCCCCCCCOc1c(I)c(C(=O)O)c(I)c(C(=O)O)c1I. The van der Waals surface area contributed by atoms with Crippen molar-refractivity contribution in [3.63, 3.8) is 0 Å². The van der Waals surface area contributed by atoms with Gasteiger partial charge in [-0.05, 0) is 74.2 Å². The highest BCUT2D eigenvalue weighted by molar-refractivity contribution is 14.1. The van der Waals surface area contributed by atoms with Gasteiger partial charge in [0.1, 0.15) is 5.75 Å². The van der Waals surface area contributed by atoms with Crippen molar-refractivity contribution in [1.29, 1.82) is 0 Å². The van der Waals surface area contributed by atoms with Gasteiger partial charge in [-0.25, -0.2) is 9.59 Å². The summed E-state index contributed by atoms with van der Waals surface area (Å²) in [6.07, 6.45) is 17.9. The maximum absolute atomic E-state index is 11.6. The Morgan fingerprint density at radius 3 is 1.31 bits per heavy atom. The molecule has 1 rings (SSSR count). The second kappa shape index (κ2) is 17.6. The summed E-state index contributed by atoms with van der Waals surface area (Å²) in [5, 5.41) is 19.0. The van der Waals surface area contributed by atoms with Crippen LogP contribution in [0.25, 0.3) is 0 Å². The van der Waals surface area contributed by atoms with E-state index < -0.39 is 11.9 Å². The molecule has 0 saturated carbocycles. The summed E-state index contributed by atoms with van der Waals surface area (Å²) in [5.41, 5.74) is -0.0000456. The van der Waals surface area contributed by atoms with Gasteiger partial charge in [0.25, 0.3) is 0 Å². The first kappa shape index (κ1) is 30.2. The third-order valence-electron chi connectivity index (χ3n) is 5.45. The summed E-state index contributed by atoms with van der Waals surface area (Å²) >= 11 is 5.67. The zero-order valence-corrected chi connectivity index (χ0v) is 25.3. The summed E-state index contributed by atoms with van der Waals surface area (Å²) in [5.74, 6) is -1.91. The topological polar surface area (TPSA) is 83.8 Å². The molecule has 0 fully saturated rings. The van der Waals surface area contributed by atoms with Gasteiger partial charge in [-0.15, -0.1) is 0 Å². The van der Waals surface area contributed by atoms with Crippen LogP contribution >= 0.6 is 67.8 Å². The Labute approximate surface area is 233 Å². The Kier molecular flexibility index (Phi) is 16.6. The third kappa shape index (κ3) is 10.6. The minimum Gasteiger partial charge on any atom is -0.491 e. The van der Waals surface area contributed by atoms with Crippen LogP contribution in [-0.2, 0) is 0 Å². The van der Waals surface area contributed by atoms with Crippen LogP contribution in [0.2, 0.25) is 0 Å². The molecule has 0 radical (unpaired) electrons. The number of carboxylic acids is 2. The maximum Gasteiger partial charge on any atom is 0.338 e. The number of ether oxygens (including phenoxy) is 1.